The predicted octanol–water partition coefficient (Wildman–Crippen LogP) is 4.83. The molecule has 0 fully saturated rings. The molecular weight excluding hydrogens is 395 g/mol. The van der Waals surface area contributed by atoms with Crippen molar-refractivity contribution in [3.05, 3.63) is 83.7 Å². The molecule has 1 aromatic heterocycles. The van der Waals surface area contributed by atoms with Crippen LogP contribution in [-0.2, 0) is 0 Å². The number of pyridine rings is 1. The third kappa shape index (κ3) is 4.43. The minimum absolute atomic E-state index is 0.125. The van der Waals surface area contributed by atoms with Crippen LogP contribution < -0.4 is 9.47 Å². The molecule has 6 heteroatoms. The van der Waals surface area contributed by atoms with Gasteiger partial charge >= 0.3 is 0 Å². The summed E-state index contributed by atoms with van der Waals surface area (Å²) in [6.45, 7) is 1.06. The van der Waals surface area contributed by atoms with E-state index in [1.165, 1.54) is 19.2 Å². The van der Waals surface area contributed by atoms with Crippen LogP contribution in [-0.4, -0.2) is 43.1 Å². The summed E-state index contributed by atoms with van der Waals surface area (Å²) in [5.41, 5.74) is 4.15. The zero-order chi connectivity index (χ0) is 21.8. The van der Waals surface area contributed by atoms with Crippen molar-refractivity contribution in [3.63, 3.8) is 0 Å². The summed E-state index contributed by atoms with van der Waals surface area (Å²) in [6.07, 6.45) is 2.72. The first-order valence-corrected chi connectivity index (χ1v) is 10.0. The number of hydrogen-bond donors (Lipinski definition) is 0. The van der Waals surface area contributed by atoms with Crippen molar-refractivity contribution in [3.8, 4) is 22.9 Å². The van der Waals surface area contributed by atoms with Crippen LogP contribution in [0.3, 0.4) is 0 Å². The second-order valence-electron chi connectivity index (χ2n) is 7.22. The van der Waals surface area contributed by atoms with Crippen molar-refractivity contribution in [1.29, 1.82) is 0 Å². The predicted molar refractivity (Wildman–Crippen MR) is 118 cm³/mol. The van der Waals surface area contributed by atoms with E-state index in [1.807, 2.05) is 36.4 Å². The second kappa shape index (κ2) is 9.00. The van der Waals surface area contributed by atoms with Gasteiger partial charge in [0, 0.05) is 18.7 Å². The van der Waals surface area contributed by atoms with Gasteiger partial charge in [0.25, 0.3) is 5.91 Å². The van der Waals surface area contributed by atoms with Gasteiger partial charge in [0.1, 0.15) is 17.1 Å². The minimum Gasteiger partial charge on any atom is -0.497 e. The minimum atomic E-state index is -0.255. The van der Waals surface area contributed by atoms with Crippen LogP contribution in [0.15, 0.2) is 66.7 Å². The highest BCUT2D eigenvalue weighted by molar-refractivity contribution is 5.97. The standard InChI is InChI=1S/C25H23FN2O3/c1-30-21-9-5-19(6-10-21)23-12-11-22(24(27-23)31-2)25(29)28-15-13-18(14-16-28)17-3-7-20(26)8-4-17/h3-13H,14-16H2,1-2H3. The van der Waals surface area contributed by atoms with Crippen LogP contribution in [0, 0.1) is 5.82 Å². The molecule has 4 rings (SSSR count). The van der Waals surface area contributed by atoms with Gasteiger partial charge in [-0.15, -0.1) is 0 Å². The molecule has 0 spiro atoms. The quantitative estimate of drug-likeness (QED) is 0.595. The van der Waals surface area contributed by atoms with Crippen molar-refractivity contribution in [1.82, 2.24) is 9.88 Å². The monoisotopic (exact) mass is 418 g/mol. The van der Waals surface area contributed by atoms with E-state index in [-0.39, 0.29) is 11.7 Å². The first-order valence-electron chi connectivity index (χ1n) is 10.0. The van der Waals surface area contributed by atoms with E-state index in [4.69, 9.17) is 9.47 Å². The molecule has 3 aromatic rings. The number of carbonyl (C=O) groups is 1. The summed E-state index contributed by atoms with van der Waals surface area (Å²) in [5, 5.41) is 0. The third-order valence-corrected chi connectivity index (χ3v) is 5.38. The Morgan fingerprint density at radius 1 is 0.935 bits per heavy atom. The van der Waals surface area contributed by atoms with Crippen molar-refractivity contribution < 1.29 is 18.7 Å². The van der Waals surface area contributed by atoms with E-state index < -0.39 is 0 Å². The Balaban J connectivity index is 1.52. The number of benzene rings is 2. The second-order valence-corrected chi connectivity index (χ2v) is 7.22. The van der Waals surface area contributed by atoms with Crippen LogP contribution in [0.25, 0.3) is 16.8 Å². The van der Waals surface area contributed by atoms with Crippen LogP contribution in [0.1, 0.15) is 22.3 Å². The van der Waals surface area contributed by atoms with E-state index in [9.17, 15) is 9.18 Å². The van der Waals surface area contributed by atoms with Crippen LogP contribution >= 0.6 is 0 Å². The van der Waals surface area contributed by atoms with Crippen molar-refractivity contribution >= 4 is 11.5 Å². The Labute approximate surface area is 180 Å². The average Bonchev–Trinajstić information content (AvgIpc) is 2.84. The number of amides is 1. The lowest BCUT2D eigenvalue weighted by Gasteiger charge is -2.27. The van der Waals surface area contributed by atoms with Gasteiger partial charge in [0.05, 0.1) is 19.9 Å². The number of carbonyl (C=O) groups excluding carboxylic acids is 1. The number of methoxy groups -OCH3 is 2. The third-order valence-electron chi connectivity index (χ3n) is 5.38. The number of hydrogen-bond acceptors (Lipinski definition) is 4. The van der Waals surface area contributed by atoms with E-state index >= 15 is 0 Å². The molecule has 1 amide bonds. The fourth-order valence-corrected chi connectivity index (χ4v) is 3.63. The van der Waals surface area contributed by atoms with Gasteiger partial charge in [-0.3, -0.25) is 4.79 Å². The fourth-order valence-electron chi connectivity index (χ4n) is 3.63. The van der Waals surface area contributed by atoms with Crippen LogP contribution in [0.5, 0.6) is 11.6 Å². The number of nitrogens with zero attached hydrogens (tertiary/aromatic N) is 2. The average molecular weight is 418 g/mol. The first kappa shape index (κ1) is 20.6. The molecule has 0 atom stereocenters. The van der Waals surface area contributed by atoms with Crippen molar-refractivity contribution in [2.45, 2.75) is 6.42 Å². The fraction of sp³-hybridized carbons (Fsp3) is 0.200. The summed E-state index contributed by atoms with van der Waals surface area (Å²) in [4.78, 5) is 19.4. The maximum atomic E-state index is 13.2. The van der Waals surface area contributed by atoms with Crippen molar-refractivity contribution in [2.75, 3.05) is 27.3 Å². The Hall–Kier alpha value is -3.67. The molecule has 1 aliphatic rings. The molecule has 2 heterocycles. The molecule has 158 valence electrons. The highest BCUT2D eigenvalue weighted by Gasteiger charge is 2.23. The molecule has 0 unspecified atom stereocenters. The molecular formula is C25H23FN2O3. The molecule has 0 N–H and O–H groups in total. The summed E-state index contributed by atoms with van der Waals surface area (Å²) >= 11 is 0. The van der Waals surface area contributed by atoms with Gasteiger partial charge in [-0.05, 0) is 66.1 Å². The van der Waals surface area contributed by atoms with E-state index in [0.717, 1.165) is 22.4 Å². The smallest absolute Gasteiger partial charge is 0.259 e. The number of ether oxygens (including phenoxy) is 2. The van der Waals surface area contributed by atoms with Gasteiger partial charge in [0.2, 0.25) is 5.88 Å². The molecule has 2 aromatic carbocycles. The number of rotatable bonds is 5. The topological polar surface area (TPSA) is 51.7 Å². The van der Waals surface area contributed by atoms with E-state index in [0.29, 0.717) is 36.6 Å². The zero-order valence-corrected chi connectivity index (χ0v) is 17.5. The molecule has 0 radical (unpaired) electrons. The lowest BCUT2D eigenvalue weighted by atomic mass is 9.99. The van der Waals surface area contributed by atoms with Gasteiger partial charge in [-0.1, -0.05) is 18.2 Å². The van der Waals surface area contributed by atoms with Crippen molar-refractivity contribution in [2.24, 2.45) is 0 Å². The molecule has 31 heavy (non-hydrogen) atoms. The van der Waals surface area contributed by atoms with E-state index in [1.54, 1.807) is 30.2 Å². The SMILES string of the molecule is COc1ccc(-c2ccc(C(=O)N3CC=C(c4ccc(F)cc4)CC3)c(OC)n2)cc1. The Kier molecular flexibility index (Phi) is 5.98. The van der Waals surface area contributed by atoms with E-state index in [2.05, 4.69) is 4.98 Å². The maximum absolute atomic E-state index is 13.2. The normalized spacial score (nSPS) is 13.5. The van der Waals surface area contributed by atoms with Gasteiger partial charge in [-0.25, -0.2) is 9.37 Å². The summed E-state index contributed by atoms with van der Waals surface area (Å²) in [5.74, 6) is 0.682. The molecule has 1 aliphatic heterocycles. The Bertz CT molecular complexity index is 1110. The lowest BCUT2D eigenvalue weighted by Crippen LogP contribution is -2.35. The Morgan fingerprint density at radius 3 is 2.26 bits per heavy atom. The summed E-state index contributed by atoms with van der Waals surface area (Å²) in [6, 6.07) is 17.6. The maximum Gasteiger partial charge on any atom is 0.259 e. The van der Waals surface area contributed by atoms with Gasteiger partial charge in [-0.2, -0.15) is 0 Å². The van der Waals surface area contributed by atoms with Crippen LogP contribution in [0.2, 0.25) is 0 Å². The number of halogens is 1. The van der Waals surface area contributed by atoms with Gasteiger partial charge in [0.15, 0.2) is 0 Å². The zero-order valence-electron chi connectivity index (χ0n) is 17.5. The van der Waals surface area contributed by atoms with Gasteiger partial charge < -0.3 is 14.4 Å². The molecule has 0 saturated carbocycles. The molecule has 5 nitrogen and oxygen atoms in total. The largest absolute Gasteiger partial charge is 0.497 e. The highest BCUT2D eigenvalue weighted by Crippen LogP contribution is 2.28. The lowest BCUT2D eigenvalue weighted by molar-refractivity contribution is 0.0768. The van der Waals surface area contributed by atoms with Crippen LogP contribution in [0.4, 0.5) is 4.39 Å². The molecule has 0 aliphatic carbocycles. The number of aromatic nitrogens is 1. The highest BCUT2D eigenvalue weighted by atomic mass is 19.1. The molecule has 0 saturated heterocycles. The summed E-state index contributed by atoms with van der Waals surface area (Å²) < 4.78 is 23.8. The molecule has 0 bridgehead atoms. The summed E-state index contributed by atoms with van der Waals surface area (Å²) in [7, 11) is 3.13. The first-order chi connectivity index (χ1) is 15.1. The Morgan fingerprint density at radius 2 is 1.65 bits per heavy atom.